The number of carbonyl (C=O) groups is 3. The molecule has 5 N–H and O–H groups in total. The van der Waals surface area contributed by atoms with Gasteiger partial charge < -0.3 is 15.7 Å². The summed E-state index contributed by atoms with van der Waals surface area (Å²) in [5, 5.41) is 24.6. The third-order valence-electron chi connectivity index (χ3n) is 4.16. The van der Waals surface area contributed by atoms with Crippen LogP contribution in [0.3, 0.4) is 0 Å². The normalized spacial score (nSPS) is 13.9. The van der Waals surface area contributed by atoms with Gasteiger partial charge in [-0.05, 0) is 29.7 Å². The highest BCUT2D eigenvalue weighted by molar-refractivity contribution is 6.30. The Hall–Kier alpha value is -2.60. The van der Waals surface area contributed by atoms with Crippen LogP contribution in [-0.4, -0.2) is 47.2 Å². The molecular weight excluding hydrogens is 398 g/mol. The first-order valence-electron chi connectivity index (χ1n) is 8.89. The minimum absolute atomic E-state index is 0.187. The lowest BCUT2D eigenvalue weighted by Gasteiger charge is -2.31. The van der Waals surface area contributed by atoms with Gasteiger partial charge in [0.15, 0.2) is 0 Å². The fraction of sp³-hybridized carbons (Fsp3) is 0.450. The molecule has 0 aliphatic rings. The second-order valence-corrected chi connectivity index (χ2v) is 7.90. The Morgan fingerprint density at radius 2 is 1.69 bits per heavy atom. The van der Waals surface area contributed by atoms with Crippen LogP contribution in [-0.2, 0) is 14.4 Å². The zero-order chi connectivity index (χ0) is 22.2. The van der Waals surface area contributed by atoms with E-state index in [0.717, 1.165) is 0 Å². The minimum atomic E-state index is -1.86. The molecule has 0 aromatic heterocycles. The molecule has 0 aliphatic carbocycles. The molecule has 0 fully saturated rings. The molecular formula is C20H26ClN3O5. The summed E-state index contributed by atoms with van der Waals surface area (Å²) in [6.07, 6.45) is -2.04. The van der Waals surface area contributed by atoms with Gasteiger partial charge in [-0.25, -0.2) is 5.48 Å². The highest BCUT2D eigenvalue weighted by atomic mass is 35.5. The van der Waals surface area contributed by atoms with E-state index in [1.54, 1.807) is 45.0 Å². The molecule has 0 heterocycles. The van der Waals surface area contributed by atoms with Crippen molar-refractivity contribution in [2.24, 2.45) is 11.3 Å². The number of aliphatic hydroxyl groups excluding tert-OH is 1. The second-order valence-electron chi connectivity index (χ2n) is 7.46. The van der Waals surface area contributed by atoms with Crippen molar-refractivity contribution in [3.63, 3.8) is 0 Å². The fourth-order valence-corrected chi connectivity index (χ4v) is 2.59. The van der Waals surface area contributed by atoms with Gasteiger partial charge in [0.05, 0.1) is 5.92 Å². The predicted molar refractivity (Wildman–Crippen MR) is 108 cm³/mol. The first-order chi connectivity index (χ1) is 13.5. The maximum absolute atomic E-state index is 12.8. The minimum Gasteiger partial charge on any atom is -0.382 e. The molecule has 1 rings (SSSR count). The number of benzene rings is 1. The summed E-state index contributed by atoms with van der Waals surface area (Å²) in [4.78, 5) is 36.6. The number of hydroxylamine groups is 1. The van der Waals surface area contributed by atoms with Crippen LogP contribution in [0.5, 0.6) is 0 Å². The smallest absolute Gasteiger partial charge is 0.273 e. The van der Waals surface area contributed by atoms with Gasteiger partial charge in [-0.3, -0.25) is 19.6 Å². The third kappa shape index (κ3) is 7.38. The van der Waals surface area contributed by atoms with E-state index >= 15 is 0 Å². The van der Waals surface area contributed by atoms with E-state index in [-0.39, 0.29) is 6.42 Å². The van der Waals surface area contributed by atoms with Gasteiger partial charge in [0.2, 0.25) is 11.8 Å². The number of hydrogen-bond acceptors (Lipinski definition) is 5. The topological polar surface area (TPSA) is 128 Å². The van der Waals surface area contributed by atoms with Crippen molar-refractivity contribution in [2.75, 3.05) is 7.05 Å². The molecule has 3 atom stereocenters. The van der Waals surface area contributed by atoms with Gasteiger partial charge >= 0.3 is 0 Å². The molecule has 0 saturated heterocycles. The first kappa shape index (κ1) is 24.4. The van der Waals surface area contributed by atoms with Gasteiger partial charge in [0, 0.05) is 24.1 Å². The van der Waals surface area contributed by atoms with Crippen molar-refractivity contribution in [2.45, 2.75) is 39.3 Å². The van der Waals surface area contributed by atoms with Crippen molar-refractivity contribution >= 4 is 29.3 Å². The van der Waals surface area contributed by atoms with Gasteiger partial charge in [-0.2, -0.15) is 0 Å². The SMILES string of the molecule is CNC(=O)[C@@H](NC(=O)[C@H](CC#Cc1ccc(Cl)cc1)[C@H](O)C(=O)NO)C(C)(C)C. The van der Waals surface area contributed by atoms with Crippen molar-refractivity contribution in [3.8, 4) is 11.8 Å². The Kier molecular flexibility index (Phi) is 9.11. The number of nitrogens with one attached hydrogen (secondary N) is 3. The molecule has 0 spiro atoms. The lowest BCUT2D eigenvalue weighted by atomic mass is 9.85. The zero-order valence-corrected chi connectivity index (χ0v) is 17.5. The number of likely N-dealkylation sites (N-methyl/N-ethyl adjacent to an activating group) is 1. The second kappa shape index (κ2) is 10.8. The van der Waals surface area contributed by atoms with Crippen molar-refractivity contribution in [1.29, 1.82) is 0 Å². The molecule has 0 radical (unpaired) electrons. The highest BCUT2D eigenvalue weighted by Gasteiger charge is 2.37. The molecule has 1 aromatic rings. The molecule has 1 aromatic carbocycles. The largest absolute Gasteiger partial charge is 0.382 e. The molecule has 0 bridgehead atoms. The monoisotopic (exact) mass is 423 g/mol. The van der Waals surface area contributed by atoms with E-state index in [1.807, 2.05) is 0 Å². The van der Waals surface area contributed by atoms with Crippen LogP contribution in [0.2, 0.25) is 5.02 Å². The molecule has 8 nitrogen and oxygen atoms in total. The molecule has 29 heavy (non-hydrogen) atoms. The van der Waals surface area contributed by atoms with Crippen LogP contribution in [0.1, 0.15) is 32.8 Å². The summed E-state index contributed by atoms with van der Waals surface area (Å²) in [5.74, 6) is 1.94. The molecule has 3 amide bonds. The molecule has 0 aliphatic heterocycles. The standard InChI is InChI=1S/C20H26ClN3O5/c1-20(2,3)16(19(28)22-4)23-17(26)14(15(25)18(27)24-29)7-5-6-12-8-10-13(21)11-9-12/h8-11,14-16,25,29H,7H2,1-4H3,(H,22,28)(H,23,26)(H,24,27)/t14-,15+,16-/m1/s1. The Balaban J connectivity index is 3.08. The number of amides is 3. The van der Waals surface area contributed by atoms with Gasteiger partial charge in [0.1, 0.15) is 12.1 Å². The molecule has 0 unspecified atom stereocenters. The molecule has 0 saturated carbocycles. The average Bonchev–Trinajstić information content (AvgIpc) is 2.68. The van der Waals surface area contributed by atoms with Crippen molar-refractivity contribution < 1.29 is 24.7 Å². The summed E-state index contributed by atoms with van der Waals surface area (Å²) < 4.78 is 0. The van der Waals surface area contributed by atoms with Crippen LogP contribution in [0.25, 0.3) is 0 Å². The Morgan fingerprint density at radius 3 is 2.17 bits per heavy atom. The Morgan fingerprint density at radius 1 is 1.10 bits per heavy atom. The molecule has 9 heteroatoms. The summed E-state index contributed by atoms with van der Waals surface area (Å²) in [6, 6.07) is 5.77. The summed E-state index contributed by atoms with van der Waals surface area (Å²) >= 11 is 5.82. The van der Waals surface area contributed by atoms with Crippen molar-refractivity contribution in [1.82, 2.24) is 16.1 Å². The third-order valence-corrected chi connectivity index (χ3v) is 4.41. The summed E-state index contributed by atoms with van der Waals surface area (Å²) in [7, 11) is 1.44. The van der Waals surface area contributed by atoms with Crippen LogP contribution >= 0.6 is 11.6 Å². The fourth-order valence-electron chi connectivity index (χ4n) is 2.46. The van der Waals surface area contributed by atoms with Crippen LogP contribution in [0.4, 0.5) is 0 Å². The first-order valence-corrected chi connectivity index (χ1v) is 9.27. The predicted octanol–water partition coefficient (Wildman–Crippen LogP) is 0.841. The number of hydrogen-bond donors (Lipinski definition) is 5. The molecule has 158 valence electrons. The zero-order valence-electron chi connectivity index (χ0n) is 16.7. The van der Waals surface area contributed by atoms with Crippen LogP contribution in [0.15, 0.2) is 24.3 Å². The quantitative estimate of drug-likeness (QED) is 0.263. The highest BCUT2D eigenvalue weighted by Crippen LogP contribution is 2.21. The number of halogens is 1. The lowest BCUT2D eigenvalue weighted by molar-refractivity contribution is -0.146. The maximum atomic E-state index is 12.8. The van der Waals surface area contributed by atoms with Crippen molar-refractivity contribution in [3.05, 3.63) is 34.9 Å². The number of rotatable bonds is 6. The van der Waals surface area contributed by atoms with E-state index in [9.17, 15) is 19.5 Å². The van der Waals surface area contributed by atoms with E-state index in [0.29, 0.717) is 10.6 Å². The van der Waals surface area contributed by atoms with Gasteiger partial charge in [-0.15, -0.1) is 0 Å². The van der Waals surface area contributed by atoms with Gasteiger partial charge in [-0.1, -0.05) is 44.2 Å². The summed E-state index contributed by atoms with van der Waals surface area (Å²) in [6.45, 7) is 5.29. The van der Waals surface area contributed by atoms with E-state index in [2.05, 4.69) is 22.5 Å². The lowest BCUT2D eigenvalue weighted by Crippen LogP contribution is -2.56. The Labute approximate surface area is 175 Å². The average molecular weight is 424 g/mol. The van der Waals surface area contributed by atoms with Gasteiger partial charge in [0.25, 0.3) is 5.91 Å². The van der Waals surface area contributed by atoms with E-state index in [4.69, 9.17) is 16.8 Å². The van der Waals surface area contributed by atoms with Crippen LogP contribution < -0.4 is 16.1 Å². The number of aliphatic hydroxyl groups is 1. The summed E-state index contributed by atoms with van der Waals surface area (Å²) in [5.41, 5.74) is 1.33. The Bertz CT molecular complexity index is 793. The number of carbonyl (C=O) groups excluding carboxylic acids is 3. The van der Waals surface area contributed by atoms with Crippen LogP contribution in [0, 0.1) is 23.2 Å². The maximum Gasteiger partial charge on any atom is 0.273 e. The van der Waals surface area contributed by atoms with E-state index in [1.165, 1.54) is 12.5 Å². The van der Waals surface area contributed by atoms with E-state index < -0.39 is 41.2 Å².